The maximum atomic E-state index is 12.7. The fourth-order valence-electron chi connectivity index (χ4n) is 4.60. The summed E-state index contributed by atoms with van der Waals surface area (Å²) in [5.74, 6) is 1.13. The highest BCUT2D eigenvalue weighted by Crippen LogP contribution is 2.33. The third kappa shape index (κ3) is 5.13. The SMILES string of the molecule is CC(C)CN1C(=O)c2ccc(CCC3CCC(CS(=O)(=O)C(C)C)CC3)cc2C1=O. The lowest BCUT2D eigenvalue weighted by Crippen LogP contribution is -2.33. The molecule has 5 nitrogen and oxygen atoms in total. The van der Waals surface area contributed by atoms with Gasteiger partial charge in [0.1, 0.15) is 0 Å². The van der Waals surface area contributed by atoms with Gasteiger partial charge in [-0.05, 0) is 75.0 Å². The standard InChI is InChI=1S/C24H35NO4S/c1-16(2)14-25-23(26)21-12-11-19(13-22(21)24(25)27)8-5-18-6-9-20(10-7-18)15-30(28,29)17(3)4/h11-13,16-18,20H,5-10,14-15H2,1-4H3. The van der Waals surface area contributed by atoms with Gasteiger partial charge in [0.25, 0.3) is 11.8 Å². The minimum absolute atomic E-state index is 0.169. The van der Waals surface area contributed by atoms with Gasteiger partial charge in [-0.25, -0.2) is 8.42 Å². The van der Waals surface area contributed by atoms with Crippen LogP contribution in [0.5, 0.6) is 0 Å². The molecule has 0 bridgehead atoms. The number of carbonyl (C=O) groups excluding carboxylic acids is 2. The van der Waals surface area contributed by atoms with Crippen LogP contribution in [0.3, 0.4) is 0 Å². The van der Waals surface area contributed by atoms with Crippen LogP contribution in [0.25, 0.3) is 0 Å². The summed E-state index contributed by atoms with van der Waals surface area (Å²) in [7, 11) is -2.96. The van der Waals surface area contributed by atoms with E-state index in [-0.39, 0.29) is 23.0 Å². The molecule has 0 aromatic heterocycles. The summed E-state index contributed by atoms with van der Waals surface area (Å²) in [6, 6.07) is 5.68. The third-order valence-electron chi connectivity index (χ3n) is 6.58. The number of amides is 2. The molecule has 2 aliphatic rings. The van der Waals surface area contributed by atoms with E-state index in [9.17, 15) is 18.0 Å². The molecule has 166 valence electrons. The molecule has 1 aromatic rings. The highest BCUT2D eigenvalue weighted by molar-refractivity contribution is 7.91. The number of nitrogens with zero attached hydrogens (tertiary/aromatic N) is 1. The average molecular weight is 434 g/mol. The van der Waals surface area contributed by atoms with Crippen LogP contribution in [0, 0.1) is 17.8 Å². The van der Waals surface area contributed by atoms with Crippen LogP contribution in [-0.2, 0) is 16.3 Å². The molecule has 1 aromatic carbocycles. The summed E-state index contributed by atoms with van der Waals surface area (Å²) >= 11 is 0. The van der Waals surface area contributed by atoms with E-state index in [2.05, 4.69) is 0 Å². The van der Waals surface area contributed by atoms with Gasteiger partial charge in [0.2, 0.25) is 0 Å². The second-order valence-electron chi connectivity index (χ2n) is 9.80. The Kier molecular flexibility index (Phi) is 7.05. The molecule has 0 N–H and O–H groups in total. The molecule has 3 rings (SSSR count). The van der Waals surface area contributed by atoms with E-state index < -0.39 is 9.84 Å². The first-order valence-corrected chi connectivity index (χ1v) is 13.0. The summed E-state index contributed by atoms with van der Waals surface area (Å²) < 4.78 is 24.3. The maximum absolute atomic E-state index is 12.7. The Labute approximate surface area is 181 Å². The lowest BCUT2D eigenvalue weighted by molar-refractivity contribution is 0.0636. The predicted octanol–water partition coefficient (Wildman–Crippen LogP) is 4.50. The number of hydrogen-bond donors (Lipinski definition) is 0. The highest BCUT2D eigenvalue weighted by Gasteiger charge is 2.35. The molecule has 1 fully saturated rings. The van der Waals surface area contributed by atoms with Gasteiger partial charge in [-0.15, -0.1) is 0 Å². The summed E-state index contributed by atoms with van der Waals surface area (Å²) in [6.07, 6.45) is 6.04. The van der Waals surface area contributed by atoms with E-state index in [0.29, 0.717) is 35.3 Å². The van der Waals surface area contributed by atoms with Crippen molar-refractivity contribution >= 4 is 21.7 Å². The van der Waals surface area contributed by atoms with Gasteiger partial charge in [0, 0.05) is 6.54 Å². The summed E-state index contributed by atoms with van der Waals surface area (Å²) in [5, 5.41) is -0.291. The van der Waals surface area contributed by atoms with Gasteiger partial charge < -0.3 is 0 Å². The largest absolute Gasteiger partial charge is 0.274 e. The molecule has 0 radical (unpaired) electrons. The third-order valence-corrected chi connectivity index (χ3v) is 8.95. The van der Waals surface area contributed by atoms with Gasteiger partial charge in [0.05, 0.1) is 22.1 Å². The fourth-order valence-corrected chi connectivity index (χ4v) is 5.98. The Morgan fingerprint density at radius 2 is 1.53 bits per heavy atom. The zero-order valence-electron chi connectivity index (χ0n) is 18.7. The number of sulfone groups is 1. The molecule has 2 amide bonds. The van der Waals surface area contributed by atoms with E-state index in [0.717, 1.165) is 44.1 Å². The maximum Gasteiger partial charge on any atom is 0.261 e. The van der Waals surface area contributed by atoms with Crippen molar-refractivity contribution < 1.29 is 18.0 Å². The van der Waals surface area contributed by atoms with Crippen molar-refractivity contribution in [1.82, 2.24) is 4.90 Å². The smallest absolute Gasteiger partial charge is 0.261 e. The molecule has 1 aliphatic carbocycles. The van der Waals surface area contributed by atoms with E-state index >= 15 is 0 Å². The van der Waals surface area contributed by atoms with Crippen molar-refractivity contribution in [3.63, 3.8) is 0 Å². The normalized spacial score (nSPS) is 22.3. The van der Waals surface area contributed by atoms with Crippen molar-refractivity contribution in [1.29, 1.82) is 0 Å². The Balaban J connectivity index is 1.53. The van der Waals surface area contributed by atoms with Crippen molar-refractivity contribution in [2.45, 2.75) is 71.5 Å². The minimum Gasteiger partial charge on any atom is -0.274 e. The second kappa shape index (κ2) is 9.21. The molecule has 0 unspecified atom stereocenters. The Hall–Kier alpha value is -1.69. The average Bonchev–Trinajstić information content (AvgIpc) is 2.91. The molecule has 1 heterocycles. The van der Waals surface area contributed by atoms with Crippen LogP contribution in [0.1, 0.15) is 86.1 Å². The van der Waals surface area contributed by atoms with Crippen LogP contribution < -0.4 is 0 Å². The van der Waals surface area contributed by atoms with E-state index in [1.807, 2.05) is 26.0 Å². The van der Waals surface area contributed by atoms with Gasteiger partial charge in [-0.2, -0.15) is 0 Å². The number of imide groups is 1. The Bertz CT molecular complexity index is 896. The predicted molar refractivity (Wildman–Crippen MR) is 119 cm³/mol. The van der Waals surface area contributed by atoms with Crippen LogP contribution in [-0.4, -0.2) is 42.7 Å². The van der Waals surface area contributed by atoms with Crippen molar-refractivity contribution in [3.8, 4) is 0 Å². The molecular weight excluding hydrogens is 398 g/mol. The van der Waals surface area contributed by atoms with Crippen LogP contribution >= 0.6 is 0 Å². The Morgan fingerprint density at radius 3 is 2.13 bits per heavy atom. The van der Waals surface area contributed by atoms with Gasteiger partial charge in [-0.3, -0.25) is 14.5 Å². The molecular formula is C24H35NO4S. The summed E-state index contributed by atoms with van der Waals surface area (Å²) in [6.45, 7) is 7.98. The van der Waals surface area contributed by atoms with Crippen molar-refractivity contribution in [2.75, 3.05) is 12.3 Å². The van der Waals surface area contributed by atoms with Gasteiger partial charge in [0.15, 0.2) is 9.84 Å². The minimum atomic E-state index is -2.96. The zero-order valence-corrected chi connectivity index (χ0v) is 19.5. The first-order chi connectivity index (χ1) is 14.1. The molecule has 0 spiro atoms. The monoisotopic (exact) mass is 433 g/mol. The zero-order chi connectivity index (χ0) is 22.1. The quantitative estimate of drug-likeness (QED) is 0.566. The first kappa shape index (κ1) is 23.0. The summed E-state index contributed by atoms with van der Waals surface area (Å²) in [5.41, 5.74) is 2.17. The molecule has 1 saturated carbocycles. The number of hydrogen-bond acceptors (Lipinski definition) is 4. The van der Waals surface area contributed by atoms with E-state index in [1.54, 1.807) is 19.9 Å². The molecule has 1 aliphatic heterocycles. The first-order valence-electron chi connectivity index (χ1n) is 11.3. The number of carbonyl (C=O) groups is 2. The molecule has 6 heteroatoms. The van der Waals surface area contributed by atoms with E-state index in [1.165, 1.54) is 4.90 Å². The topological polar surface area (TPSA) is 71.5 Å². The number of aryl methyl sites for hydroxylation is 1. The van der Waals surface area contributed by atoms with Crippen molar-refractivity contribution in [3.05, 3.63) is 34.9 Å². The molecule has 0 saturated heterocycles. The van der Waals surface area contributed by atoms with Crippen molar-refractivity contribution in [2.24, 2.45) is 17.8 Å². The lowest BCUT2D eigenvalue weighted by Gasteiger charge is -2.28. The highest BCUT2D eigenvalue weighted by atomic mass is 32.2. The number of fused-ring (bicyclic) bond motifs is 1. The number of rotatable bonds is 8. The fraction of sp³-hybridized carbons (Fsp3) is 0.667. The summed E-state index contributed by atoms with van der Waals surface area (Å²) in [4.78, 5) is 26.5. The van der Waals surface area contributed by atoms with Gasteiger partial charge >= 0.3 is 0 Å². The van der Waals surface area contributed by atoms with Crippen LogP contribution in [0.2, 0.25) is 0 Å². The lowest BCUT2D eigenvalue weighted by atomic mass is 9.80. The van der Waals surface area contributed by atoms with Crippen LogP contribution in [0.4, 0.5) is 0 Å². The second-order valence-corrected chi connectivity index (χ2v) is 12.4. The molecule has 30 heavy (non-hydrogen) atoms. The Morgan fingerprint density at radius 1 is 0.933 bits per heavy atom. The molecule has 0 atom stereocenters. The number of benzene rings is 1. The van der Waals surface area contributed by atoms with Gasteiger partial charge in [-0.1, -0.05) is 32.8 Å². The van der Waals surface area contributed by atoms with Crippen LogP contribution in [0.15, 0.2) is 18.2 Å². The van der Waals surface area contributed by atoms with E-state index in [4.69, 9.17) is 0 Å².